The maximum atomic E-state index is 5.11. The van der Waals surface area contributed by atoms with Crippen LogP contribution in [0.25, 0.3) is 0 Å². The molecule has 0 radical (unpaired) electrons. The number of hydrogen-bond acceptors (Lipinski definition) is 2. The summed E-state index contributed by atoms with van der Waals surface area (Å²) in [6.45, 7) is 6.60. The summed E-state index contributed by atoms with van der Waals surface area (Å²) in [6, 6.07) is 0. The smallest absolute Gasteiger partial charge is 0.411 e. The van der Waals surface area contributed by atoms with E-state index in [1.165, 1.54) is 51.4 Å². The molecule has 0 heterocycles. The Hall–Kier alpha value is 2.16. The first kappa shape index (κ1) is 21.5. The zero-order valence-corrected chi connectivity index (χ0v) is 19.7. The van der Waals surface area contributed by atoms with Crippen LogP contribution in [-0.4, -0.2) is 22.3 Å². The van der Waals surface area contributed by atoms with Gasteiger partial charge in [0.25, 0.3) is 0 Å². The zero-order valence-electron chi connectivity index (χ0n) is 11.8. The summed E-state index contributed by atoms with van der Waals surface area (Å²) in [4.78, 5) is 2.20. The monoisotopic (exact) mass is 393 g/mol. The summed E-state index contributed by atoms with van der Waals surface area (Å²) in [7, 11) is 0. The van der Waals surface area contributed by atoms with Crippen molar-refractivity contribution in [3.63, 3.8) is 0 Å². The first-order valence-electron chi connectivity index (χ1n) is 6.68. The van der Waals surface area contributed by atoms with Gasteiger partial charge < -0.3 is 29.7 Å². The molecule has 0 aliphatic rings. The number of unbranched alkanes of at least 4 members (excludes halogenated alkanes) is 6. The van der Waals surface area contributed by atoms with Crippen molar-refractivity contribution >= 4 is 29.2 Å². The van der Waals surface area contributed by atoms with Gasteiger partial charge in [-0.3, -0.25) is 0 Å². The maximum absolute atomic E-state index is 5.11. The minimum absolute atomic E-state index is 0. The van der Waals surface area contributed by atoms with Gasteiger partial charge in [0.2, 0.25) is 0 Å². The molecular weight excluding hydrogens is 367 g/mol. The summed E-state index contributed by atoms with van der Waals surface area (Å²) in [5, 5.41) is 0. The molecule has 0 aliphatic heterocycles. The first-order chi connectivity index (χ1) is 7.72. The van der Waals surface area contributed by atoms with E-state index < -0.39 is 0 Å². The molecule has 0 fully saturated rings. The molecule has 0 aromatic rings. The van der Waals surface area contributed by atoms with E-state index in [1.54, 1.807) is 0 Å². The van der Waals surface area contributed by atoms with Gasteiger partial charge in [-0.15, -0.1) is 0 Å². The molecule has 1 nitrogen and oxygen atoms in total. The van der Waals surface area contributed by atoms with E-state index in [0.29, 0.717) is 4.32 Å². The molecule has 0 aromatic heterocycles. The van der Waals surface area contributed by atoms with Crippen LogP contribution in [0.5, 0.6) is 0 Å². The summed E-state index contributed by atoms with van der Waals surface area (Å²) in [5.74, 6) is 0. The summed E-state index contributed by atoms with van der Waals surface area (Å²) < 4.78 is 0.660. The first-order valence-corrected chi connectivity index (χ1v) is 7.50. The van der Waals surface area contributed by atoms with Crippen molar-refractivity contribution in [1.82, 2.24) is 4.90 Å². The second-order valence-corrected chi connectivity index (χ2v) is 5.41. The predicted octanol–water partition coefficient (Wildman–Crippen LogP) is 1.28. The van der Waals surface area contributed by atoms with Crippen LogP contribution in [0.1, 0.15) is 65.2 Å². The minimum Gasteiger partial charge on any atom is -0.411 e. The van der Waals surface area contributed by atoms with Crippen molar-refractivity contribution in [3.05, 3.63) is 0 Å². The third-order valence-electron chi connectivity index (χ3n) is 2.82. The van der Waals surface area contributed by atoms with Crippen molar-refractivity contribution in [1.29, 1.82) is 0 Å². The van der Waals surface area contributed by atoms with Crippen molar-refractivity contribution in [3.8, 4) is 0 Å². The third-order valence-corrected chi connectivity index (χ3v) is 3.34. The Bertz CT molecular complexity index is 165. The van der Waals surface area contributed by atoms with E-state index in [-0.39, 0.29) is 68.9 Å². The Balaban J connectivity index is 0. The SMILES string of the molecule is CCCCCCN(CCCCCC)C(=S)[S-].[Cs+]. The van der Waals surface area contributed by atoms with Crippen LogP contribution in [0, 0.1) is 0 Å². The van der Waals surface area contributed by atoms with Gasteiger partial charge in [0.1, 0.15) is 0 Å². The van der Waals surface area contributed by atoms with Gasteiger partial charge in [0, 0.05) is 13.1 Å². The van der Waals surface area contributed by atoms with Gasteiger partial charge >= 0.3 is 68.9 Å². The van der Waals surface area contributed by atoms with Gasteiger partial charge in [-0.1, -0.05) is 56.7 Å². The molecule has 0 bridgehead atoms. The second kappa shape index (κ2) is 16.2. The Morgan fingerprint density at radius 1 is 0.882 bits per heavy atom. The number of hydrogen-bond donors (Lipinski definition) is 0. The number of nitrogens with zero attached hydrogens (tertiary/aromatic N) is 1. The molecule has 0 unspecified atom stereocenters. The second-order valence-electron chi connectivity index (χ2n) is 4.37. The van der Waals surface area contributed by atoms with E-state index in [2.05, 4.69) is 18.7 Å². The molecule has 96 valence electrons. The molecule has 0 amide bonds. The third kappa shape index (κ3) is 14.4. The topological polar surface area (TPSA) is 3.24 Å². The fourth-order valence-corrected chi connectivity index (χ4v) is 2.12. The average Bonchev–Trinajstić information content (AvgIpc) is 2.26. The van der Waals surface area contributed by atoms with E-state index in [1.807, 2.05) is 0 Å². The fourth-order valence-electron chi connectivity index (χ4n) is 1.75. The Labute approximate surface area is 178 Å². The van der Waals surface area contributed by atoms with Crippen LogP contribution in [0.4, 0.5) is 0 Å². The van der Waals surface area contributed by atoms with Gasteiger partial charge in [-0.25, -0.2) is 0 Å². The van der Waals surface area contributed by atoms with E-state index >= 15 is 0 Å². The maximum Gasteiger partial charge on any atom is 1.00 e. The van der Waals surface area contributed by atoms with Crippen molar-refractivity contribution in [2.24, 2.45) is 0 Å². The Kier molecular flexibility index (Phi) is 20.5. The van der Waals surface area contributed by atoms with Crippen LogP contribution in [0.3, 0.4) is 0 Å². The summed E-state index contributed by atoms with van der Waals surface area (Å²) in [5.41, 5.74) is 0. The molecule has 17 heavy (non-hydrogen) atoms. The van der Waals surface area contributed by atoms with Crippen molar-refractivity contribution < 1.29 is 68.9 Å². The minimum atomic E-state index is 0. The Morgan fingerprint density at radius 2 is 1.29 bits per heavy atom. The summed E-state index contributed by atoms with van der Waals surface area (Å²) in [6.07, 6.45) is 10.3. The zero-order chi connectivity index (χ0) is 12.2. The fraction of sp³-hybridized carbons (Fsp3) is 0.923. The molecule has 4 heteroatoms. The molecular formula is C13H26CsNS2. The largest absolute Gasteiger partial charge is 1.00 e. The van der Waals surface area contributed by atoms with Crippen LogP contribution in [0.2, 0.25) is 0 Å². The molecule has 0 aromatic carbocycles. The molecule has 0 atom stereocenters. The van der Waals surface area contributed by atoms with Crippen LogP contribution in [-0.2, 0) is 12.6 Å². The van der Waals surface area contributed by atoms with Gasteiger partial charge in [0.15, 0.2) is 0 Å². The average molecular weight is 393 g/mol. The molecule has 0 rings (SSSR count). The number of thiocarbonyl (C=S) groups is 1. The van der Waals surface area contributed by atoms with Gasteiger partial charge in [-0.05, 0) is 12.8 Å². The molecule has 0 aliphatic carbocycles. The Morgan fingerprint density at radius 3 is 1.59 bits per heavy atom. The van der Waals surface area contributed by atoms with E-state index in [9.17, 15) is 0 Å². The summed E-state index contributed by atoms with van der Waals surface area (Å²) >= 11 is 10.2. The predicted molar refractivity (Wildman–Crippen MR) is 79.8 cm³/mol. The molecule has 0 N–H and O–H groups in total. The van der Waals surface area contributed by atoms with E-state index in [0.717, 1.165) is 13.1 Å². The normalized spacial score (nSPS) is 9.76. The molecule has 0 saturated carbocycles. The number of rotatable bonds is 10. The quantitative estimate of drug-likeness (QED) is 0.313. The standard InChI is InChI=1S/C13H27NS2.Cs/c1-3-5-7-9-11-14(13(15)16)12-10-8-6-4-2;/h3-12H2,1-2H3,(H,15,16);/q;+1/p-1. The molecule has 0 saturated heterocycles. The van der Waals surface area contributed by atoms with Gasteiger partial charge in [0.05, 0.1) is 0 Å². The van der Waals surface area contributed by atoms with Gasteiger partial charge in [-0.2, -0.15) is 0 Å². The van der Waals surface area contributed by atoms with Crippen LogP contribution < -0.4 is 68.9 Å². The van der Waals surface area contributed by atoms with Crippen LogP contribution in [0.15, 0.2) is 0 Å². The van der Waals surface area contributed by atoms with Crippen molar-refractivity contribution in [2.75, 3.05) is 13.1 Å². The van der Waals surface area contributed by atoms with E-state index in [4.69, 9.17) is 24.8 Å². The van der Waals surface area contributed by atoms with Crippen molar-refractivity contribution in [2.45, 2.75) is 65.2 Å². The van der Waals surface area contributed by atoms with Crippen LogP contribution >= 0.6 is 12.2 Å². The molecule has 0 spiro atoms.